The molecule has 0 fully saturated rings. The number of fused-ring (bicyclic) bond motifs is 1. The van der Waals surface area contributed by atoms with Crippen molar-refractivity contribution in [1.82, 2.24) is 4.90 Å². The van der Waals surface area contributed by atoms with E-state index in [-0.39, 0.29) is 17.1 Å². The van der Waals surface area contributed by atoms with Crippen LogP contribution in [0.1, 0.15) is 28.4 Å². The monoisotopic (exact) mass is 337 g/mol. The summed E-state index contributed by atoms with van der Waals surface area (Å²) in [5, 5.41) is 10.9. The second-order valence-corrected chi connectivity index (χ2v) is 6.14. The van der Waals surface area contributed by atoms with Crippen LogP contribution in [-0.2, 0) is 13.1 Å². The van der Waals surface area contributed by atoms with Crippen LogP contribution in [0.25, 0.3) is 11.0 Å². The minimum absolute atomic E-state index is 0.0155. The fourth-order valence-corrected chi connectivity index (χ4v) is 2.85. The van der Waals surface area contributed by atoms with Gasteiger partial charge in [-0.3, -0.25) is 9.69 Å². The minimum atomic E-state index is -0.683. The van der Waals surface area contributed by atoms with Gasteiger partial charge in [0.2, 0.25) is 0 Å². The number of phenolic OH excluding ortho intramolecular Hbond substituents is 1. The highest BCUT2D eigenvalue weighted by Crippen LogP contribution is 2.28. The summed E-state index contributed by atoms with van der Waals surface area (Å²) in [4.78, 5) is 25.6. The van der Waals surface area contributed by atoms with Gasteiger partial charge < -0.3 is 9.52 Å². The van der Waals surface area contributed by atoms with E-state index in [0.717, 1.165) is 5.56 Å². The first-order valence-electron chi connectivity index (χ1n) is 7.98. The van der Waals surface area contributed by atoms with Gasteiger partial charge in [-0.2, -0.15) is 0 Å². The number of carbonyl (C=O) groups excluding carboxylic acids is 1. The van der Waals surface area contributed by atoms with Crippen LogP contribution in [0.4, 0.5) is 0 Å². The molecule has 5 heteroatoms. The predicted octanol–water partition coefficient (Wildman–Crippen LogP) is 3.33. The maximum atomic E-state index is 12.0. The van der Waals surface area contributed by atoms with Crippen LogP contribution in [0, 0.1) is 0 Å². The van der Waals surface area contributed by atoms with E-state index in [0.29, 0.717) is 29.6 Å². The lowest BCUT2D eigenvalue weighted by Crippen LogP contribution is -2.18. The van der Waals surface area contributed by atoms with Gasteiger partial charge in [0.25, 0.3) is 0 Å². The van der Waals surface area contributed by atoms with Crippen LogP contribution < -0.4 is 5.63 Å². The van der Waals surface area contributed by atoms with Gasteiger partial charge in [-0.1, -0.05) is 30.3 Å². The van der Waals surface area contributed by atoms with Crippen molar-refractivity contribution in [2.45, 2.75) is 20.0 Å². The second kappa shape index (κ2) is 6.91. The molecule has 0 saturated heterocycles. The normalized spacial score (nSPS) is 11.2. The Morgan fingerprint density at radius 1 is 1.12 bits per heavy atom. The number of Topliss-reactive ketones (excluding diaryl/α,β-unsaturated/α-hetero) is 1. The van der Waals surface area contributed by atoms with Crippen LogP contribution in [0.5, 0.6) is 5.75 Å². The summed E-state index contributed by atoms with van der Waals surface area (Å²) in [6.07, 6.45) is 0. The maximum Gasteiger partial charge on any atom is 0.347 e. The molecule has 3 aromatic rings. The molecule has 1 aromatic heterocycles. The highest BCUT2D eigenvalue weighted by Gasteiger charge is 2.16. The second-order valence-electron chi connectivity index (χ2n) is 6.14. The Hall–Kier alpha value is -2.92. The van der Waals surface area contributed by atoms with Crippen LogP contribution >= 0.6 is 0 Å². The lowest BCUT2D eigenvalue weighted by atomic mass is 10.1. The van der Waals surface area contributed by atoms with Gasteiger partial charge in [0.1, 0.15) is 16.9 Å². The largest absolute Gasteiger partial charge is 0.507 e. The number of phenols is 1. The van der Waals surface area contributed by atoms with Crippen LogP contribution in [0.3, 0.4) is 0 Å². The third kappa shape index (κ3) is 3.61. The molecule has 3 rings (SSSR count). The zero-order chi connectivity index (χ0) is 18.0. The first-order valence-corrected chi connectivity index (χ1v) is 7.98. The number of ketones is 1. The summed E-state index contributed by atoms with van der Waals surface area (Å²) in [5.74, 6) is -0.280. The minimum Gasteiger partial charge on any atom is -0.507 e. The smallest absolute Gasteiger partial charge is 0.347 e. The Morgan fingerprint density at radius 3 is 2.52 bits per heavy atom. The maximum absolute atomic E-state index is 12.0. The molecule has 0 aliphatic heterocycles. The van der Waals surface area contributed by atoms with E-state index in [4.69, 9.17) is 4.42 Å². The average molecular weight is 337 g/mol. The molecule has 0 spiro atoms. The summed E-state index contributed by atoms with van der Waals surface area (Å²) in [6.45, 7) is 2.42. The Bertz CT molecular complexity index is 976. The number of benzene rings is 2. The summed E-state index contributed by atoms with van der Waals surface area (Å²) < 4.78 is 5.35. The topological polar surface area (TPSA) is 70.8 Å². The first kappa shape index (κ1) is 16.9. The number of rotatable bonds is 5. The molecule has 0 atom stereocenters. The molecule has 0 saturated carbocycles. The first-order chi connectivity index (χ1) is 12.0. The molecule has 0 unspecified atom stereocenters. The summed E-state index contributed by atoms with van der Waals surface area (Å²) >= 11 is 0. The van der Waals surface area contributed by atoms with E-state index in [1.54, 1.807) is 12.1 Å². The lowest BCUT2D eigenvalue weighted by molar-refractivity contribution is 0.101. The third-order valence-electron chi connectivity index (χ3n) is 4.08. The van der Waals surface area contributed by atoms with Crippen molar-refractivity contribution in [3.05, 3.63) is 75.6 Å². The van der Waals surface area contributed by atoms with E-state index >= 15 is 0 Å². The molecule has 0 aliphatic rings. The van der Waals surface area contributed by atoms with Crippen LogP contribution in [-0.4, -0.2) is 22.8 Å². The fourth-order valence-electron chi connectivity index (χ4n) is 2.85. The lowest BCUT2D eigenvalue weighted by Gasteiger charge is -2.18. The van der Waals surface area contributed by atoms with Crippen molar-refractivity contribution in [3.8, 4) is 5.75 Å². The quantitative estimate of drug-likeness (QED) is 0.571. The van der Waals surface area contributed by atoms with Crippen molar-refractivity contribution in [2.75, 3.05) is 7.05 Å². The van der Waals surface area contributed by atoms with Gasteiger partial charge in [-0.25, -0.2) is 4.79 Å². The standard InChI is InChI=1S/C20H19NO4/c1-13(22)16-10-15-8-9-18(23)17(19(15)25-20(16)24)12-21(2)11-14-6-4-3-5-7-14/h3-10,23H,11-12H2,1-2H3. The van der Waals surface area contributed by atoms with Gasteiger partial charge >= 0.3 is 5.63 Å². The highest BCUT2D eigenvalue weighted by molar-refractivity contribution is 5.97. The number of hydrogen-bond donors (Lipinski definition) is 1. The number of carbonyl (C=O) groups is 1. The molecule has 25 heavy (non-hydrogen) atoms. The zero-order valence-corrected chi connectivity index (χ0v) is 14.2. The van der Waals surface area contributed by atoms with Crippen molar-refractivity contribution in [1.29, 1.82) is 0 Å². The summed E-state index contributed by atoms with van der Waals surface area (Å²) in [6, 6.07) is 14.7. The Kier molecular flexibility index (Phi) is 4.67. The predicted molar refractivity (Wildman–Crippen MR) is 95.8 cm³/mol. The van der Waals surface area contributed by atoms with Crippen molar-refractivity contribution in [3.63, 3.8) is 0 Å². The molecule has 1 N–H and O–H groups in total. The molecular weight excluding hydrogens is 318 g/mol. The number of hydrogen-bond acceptors (Lipinski definition) is 5. The van der Waals surface area contributed by atoms with Gasteiger partial charge in [0.15, 0.2) is 5.78 Å². The van der Waals surface area contributed by atoms with E-state index in [1.165, 1.54) is 13.0 Å². The highest BCUT2D eigenvalue weighted by atomic mass is 16.4. The van der Waals surface area contributed by atoms with Crippen molar-refractivity contribution >= 4 is 16.8 Å². The molecular formula is C20H19NO4. The molecule has 5 nitrogen and oxygen atoms in total. The number of nitrogens with zero attached hydrogens (tertiary/aromatic N) is 1. The van der Waals surface area contributed by atoms with Gasteiger partial charge in [0.05, 0.1) is 5.56 Å². The number of aromatic hydroxyl groups is 1. The molecule has 2 aromatic carbocycles. The van der Waals surface area contributed by atoms with Gasteiger partial charge in [-0.05, 0) is 37.7 Å². The van der Waals surface area contributed by atoms with E-state index in [9.17, 15) is 14.7 Å². The van der Waals surface area contributed by atoms with Crippen molar-refractivity contribution in [2.24, 2.45) is 0 Å². The van der Waals surface area contributed by atoms with Crippen LogP contribution in [0.15, 0.2) is 57.7 Å². The fraction of sp³-hybridized carbons (Fsp3) is 0.200. The molecule has 0 aliphatic carbocycles. The summed E-state index contributed by atoms with van der Waals surface area (Å²) in [5.41, 5.74) is 1.32. The SMILES string of the molecule is CC(=O)c1cc2ccc(O)c(CN(C)Cc3ccccc3)c2oc1=O. The molecule has 128 valence electrons. The van der Waals surface area contributed by atoms with Gasteiger partial charge in [0, 0.05) is 18.5 Å². The Balaban J connectivity index is 1.97. The van der Waals surface area contributed by atoms with Crippen molar-refractivity contribution < 1.29 is 14.3 Å². The Labute approximate surface area is 145 Å². The zero-order valence-electron chi connectivity index (χ0n) is 14.2. The average Bonchev–Trinajstić information content (AvgIpc) is 2.58. The molecule has 0 amide bonds. The van der Waals surface area contributed by atoms with Crippen LogP contribution in [0.2, 0.25) is 0 Å². The molecule has 0 bridgehead atoms. The van der Waals surface area contributed by atoms with Gasteiger partial charge in [-0.15, -0.1) is 0 Å². The van der Waals surface area contributed by atoms with E-state index < -0.39 is 5.63 Å². The van der Waals surface area contributed by atoms with E-state index in [1.807, 2.05) is 42.3 Å². The summed E-state index contributed by atoms with van der Waals surface area (Å²) in [7, 11) is 1.92. The molecule has 0 radical (unpaired) electrons. The third-order valence-corrected chi connectivity index (χ3v) is 4.08. The van der Waals surface area contributed by atoms with E-state index in [2.05, 4.69) is 0 Å². The Morgan fingerprint density at radius 2 is 1.84 bits per heavy atom. The molecule has 1 heterocycles.